The minimum absolute atomic E-state index is 0.0877. The van der Waals surface area contributed by atoms with Crippen LogP contribution in [0.5, 0.6) is 0 Å². The van der Waals surface area contributed by atoms with E-state index in [1.54, 1.807) is 0 Å². The largest absolute Gasteiger partial charge is 0.460 e. The molecule has 1 saturated heterocycles. The number of nitrogens with zero attached hydrogens (tertiary/aromatic N) is 3. The van der Waals surface area contributed by atoms with Gasteiger partial charge in [0, 0.05) is 18.8 Å². The first-order chi connectivity index (χ1) is 14.2. The van der Waals surface area contributed by atoms with E-state index in [4.69, 9.17) is 9.72 Å². The summed E-state index contributed by atoms with van der Waals surface area (Å²) in [6, 6.07) is 13.6. The molecule has 0 radical (unpaired) electrons. The highest BCUT2D eigenvalue weighted by Gasteiger charge is 2.35. The highest BCUT2D eigenvalue weighted by molar-refractivity contribution is 5.84. The average molecular weight is 389 g/mol. The molecule has 29 heavy (non-hydrogen) atoms. The Labute approximate surface area is 169 Å². The van der Waals surface area contributed by atoms with Crippen molar-refractivity contribution >= 4 is 17.4 Å². The molecule has 0 N–H and O–H groups in total. The molecule has 1 aromatic carbocycles. The summed E-state index contributed by atoms with van der Waals surface area (Å²) in [6.45, 7) is 0.584. The summed E-state index contributed by atoms with van der Waals surface area (Å²) in [4.78, 5) is 31.1. The molecule has 6 nitrogen and oxygen atoms in total. The first-order valence-electron chi connectivity index (χ1n) is 10.1. The lowest BCUT2D eigenvalue weighted by Crippen LogP contribution is -2.31. The molecule has 2 fully saturated rings. The summed E-state index contributed by atoms with van der Waals surface area (Å²) in [5, 5.41) is 0. The fraction of sp³-hybridized carbons (Fsp3) is 0.348. The molecule has 1 aliphatic carbocycles. The van der Waals surface area contributed by atoms with Crippen molar-refractivity contribution in [3.05, 3.63) is 71.7 Å². The van der Waals surface area contributed by atoms with Crippen LogP contribution >= 0.6 is 0 Å². The average Bonchev–Trinajstić information content (AvgIpc) is 3.39. The molecule has 0 unspecified atom stereocenters. The number of carbonyl (C=O) groups excluding carboxylic acids is 2. The summed E-state index contributed by atoms with van der Waals surface area (Å²) in [5.41, 5.74) is 3.99. The second-order valence-corrected chi connectivity index (χ2v) is 7.98. The van der Waals surface area contributed by atoms with E-state index >= 15 is 0 Å². The highest BCUT2D eigenvalue weighted by Crippen LogP contribution is 2.40. The van der Waals surface area contributed by atoms with Crippen LogP contribution in [0.3, 0.4) is 0 Å². The first kappa shape index (κ1) is 18.1. The minimum Gasteiger partial charge on any atom is -0.460 e. The molecule has 0 amide bonds. The monoisotopic (exact) mass is 389 g/mol. The zero-order chi connectivity index (χ0) is 19.8. The molecule has 6 heteroatoms. The number of hydrogen-bond donors (Lipinski definition) is 0. The van der Waals surface area contributed by atoms with Crippen molar-refractivity contribution in [2.45, 2.75) is 37.8 Å². The number of aromatic nitrogens is 2. The van der Waals surface area contributed by atoms with Crippen molar-refractivity contribution < 1.29 is 14.3 Å². The molecule has 148 valence electrons. The number of imidazole rings is 1. The van der Waals surface area contributed by atoms with Crippen LogP contribution in [-0.4, -0.2) is 39.1 Å². The Morgan fingerprint density at radius 2 is 1.93 bits per heavy atom. The van der Waals surface area contributed by atoms with Gasteiger partial charge in [0.25, 0.3) is 0 Å². The minimum atomic E-state index is -0.326. The zero-order valence-corrected chi connectivity index (χ0v) is 16.2. The van der Waals surface area contributed by atoms with Crippen molar-refractivity contribution in [3.8, 4) is 0 Å². The number of fused-ring (bicyclic) bond motifs is 1. The summed E-state index contributed by atoms with van der Waals surface area (Å²) in [5.74, 6) is 0.476. The number of benzene rings is 1. The molecule has 3 heterocycles. The number of carbonyl (C=O) groups is 2. The maximum Gasteiger partial charge on any atom is 0.320 e. The van der Waals surface area contributed by atoms with Gasteiger partial charge in [0.2, 0.25) is 0 Å². The van der Waals surface area contributed by atoms with E-state index in [0.717, 1.165) is 16.9 Å². The van der Waals surface area contributed by atoms with E-state index in [1.165, 1.54) is 18.4 Å². The number of esters is 1. The number of ketones is 1. The van der Waals surface area contributed by atoms with Crippen LogP contribution in [0.2, 0.25) is 0 Å². The number of ether oxygens (including phenoxy) is 1. The molecule has 1 aliphatic heterocycles. The molecule has 1 saturated carbocycles. The van der Waals surface area contributed by atoms with Crippen LogP contribution in [0.4, 0.5) is 0 Å². The Morgan fingerprint density at radius 3 is 2.72 bits per heavy atom. The molecule has 2 aromatic heterocycles. The molecule has 0 spiro atoms. The van der Waals surface area contributed by atoms with Crippen LogP contribution < -0.4 is 0 Å². The van der Waals surface area contributed by atoms with Crippen molar-refractivity contribution in [2.24, 2.45) is 0 Å². The SMILES string of the molecule is O=C1C[C@H](c2cn3cc(C4CC4)ccc3n2)N(CC(=O)OCc2ccccc2)C1. The molecule has 1 atom stereocenters. The topological polar surface area (TPSA) is 63.9 Å². The van der Waals surface area contributed by atoms with Crippen LogP contribution in [0, 0.1) is 0 Å². The van der Waals surface area contributed by atoms with Crippen molar-refractivity contribution in [3.63, 3.8) is 0 Å². The van der Waals surface area contributed by atoms with Crippen molar-refractivity contribution in [2.75, 3.05) is 13.1 Å². The van der Waals surface area contributed by atoms with E-state index < -0.39 is 0 Å². The molecule has 3 aromatic rings. The lowest BCUT2D eigenvalue weighted by atomic mass is 10.1. The van der Waals surface area contributed by atoms with E-state index in [2.05, 4.69) is 12.3 Å². The van der Waals surface area contributed by atoms with Crippen LogP contribution in [0.1, 0.15) is 48.0 Å². The van der Waals surface area contributed by atoms with Gasteiger partial charge in [-0.25, -0.2) is 4.98 Å². The second kappa shape index (κ2) is 7.44. The second-order valence-electron chi connectivity index (χ2n) is 7.98. The lowest BCUT2D eigenvalue weighted by Gasteiger charge is -2.20. The van der Waals surface area contributed by atoms with Crippen LogP contribution in [0.25, 0.3) is 5.65 Å². The van der Waals surface area contributed by atoms with Gasteiger partial charge in [-0.3, -0.25) is 14.5 Å². The summed E-state index contributed by atoms with van der Waals surface area (Å²) in [7, 11) is 0. The molecule has 5 rings (SSSR count). The Kier molecular flexibility index (Phi) is 4.64. The van der Waals surface area contributed by atoms with Crippen molar-refractivity contribution in [1.29, 1.82) is 0 Å². The van der Waals surface area contributed by atoms with Crippen LogP contribution in [-0.2, 0) is 20.9 Å². The fourth-order valence-electron chi connectivity index (χ4n) is 4.00. The van der Waals surface area contributed by atoms with Gasteiger partial charge in [0.05, 0.1) is 24.8 Å². The quantitative estimate of drug-likeness (QED) is 0.606. The van der Waals surface area contributed by atoms with Gasteiger partial charge >= 0.3 is 5.97 Å². The summed E-state index contributed by atoms with van der Waals surface area (Å²) < 4.78 is 7.44. The number of pyridine rings is 1. The normalized spacial score (nSPS) is 19.7. The zero-order valence-electron chi connectivity index (χ0n) is 16.2. The molecular weight excluding hydrogens is 366 g/mol. The number of likely N-dealkylation sites (tertiary alicyclic amines) is 1. The van der Waals surface area contributed by atoms with Gasteiger partial charge in [0.1, 0.15) is 18.0 Å². The number of rotatable bonds is 6. The Hall–Kier alpha value is -2.99. The standard InChI is InChI=1S/C23H23N3O3/c27-19-10-21(20-13-26-11-18(17-6-7-17)8-9-22(26)24-20)25(12-19)14-23(28)29-15-16-4-2-1-3-5-16/h1-5,8-9,11,13,17,21H,6-7,10,12,14-15H2/t21-/m1/s1. The van der Waals surface area contributed by atoms with Gasteiger partial charge in [0.15, 0.2) is 0 Å². The fourth-order valence-corrected chi connectivity index (χ4v) is 4.00. The van der Waals surface area contributed by atoms with E-state index in [-0.39, 0.29) is 37.5 Å². The first-order valence-corrected chi connectivity index (χ1v) is 10.1. The predicted molar refractivity (Wildman–Crippen MR) is 107 cm³/mol. The smallest absolute Gasteiger partial charge is 0.320 e. The van der Waals surface area contributed by atoms with Gasteiger partial charge in [-0.05, 0) is 36.0 Å². The lowest BCUT2D eigenvalue weighted by molar-refractivity contribution is -0.146. The third kappa shape index (κ3) is 3.93. The van der Waals surface area contributed by atoms with Gasteiger partial charge in [-0.1, -0.05) is 36.4 Å². The molecular formula is C23H23N3O3. The van der Waals surface area contributed by atoms with E-state index in [9.17, 15) is 9.59 Å². The third-order valence-corrected chi connectivity index (χ3v) is 5.70. The van der Waals surface area contributed by atoms with E-state index in [1.807, 2.05) is 51.9 Å². The maximum absolute atomic E-state index is 12.4. The molecule has 0 bridgehead atoms. The van der Waals surface area contributed by atoms with Gasteiger partial charge in [-0.15, -0.1) is 0 Å². The number of hydrogen-bond acceptors (Lipinski definition) is 5. The van der Waals surface area contributed by atoms with E-state index in [0.29, 0.717) is 12.3 Å². The molecule has 2 aliphatic rings. The Bertz CT molecular complexity index is 1060. The summed E-state index contributed by atoms with van der Waals surface area (Å²) >= 11 is 0. The summed E-state index contributed by atoms with van der Waals surface area (Å²) in [6.07, 6.45) is 7.02. The maximum atomic E-state index is 12.4. The van der Waals surface area contributed by atoms with Crippen LogP contribution in [0.15, 0.2) is 54.9 Å². The van der Waals surface area contributed by atoms with Gasteiger partial charge < -0.3 is 9.14 Å². The Balaban J connectivity index is 1.29. The Morgan fingerprint density at radius 1 is 1.10 bits per heavy atom. The highest BCUT2D eigenvalue weighted by atomic mass is 16.5. The third-order valence-electron chi connectivity index (χ3n) is 5.70. The number of Topliss-reactive ketones (excluding diaryl/α,β-unsaturated/α-hetero) is 1. The van der Waals surface area contributed by atoms with Crippen molar-refractivity contribution in [1.82, 2.24) is 14.3 Å². The van der Waals surface area contributed by atoms with Gasteiger partial charge in [-0.2, -0.15) is 0 Å². The predicted octanol–water partition coefficient (Wildman–Crippen LogP) is 3.27.